The van der Waals surface area contributed by atoms with Crippen LogP contribution in [0.1, 0.15) is 18.2 Å². The molecule has 0 amide bonds. The van der Waals surface area contributed by atoms with Crippen molar-refractivity contribution in [2.45, 2.75) is 19.9 Å². The third kappa shape index (κ3) is 3.66. The molecule has 2 aromatic rings. The van der Waals surface area contributed by atoms with Gasteiger partial charge in [-0.05, 0) is 43.3 Å². The molecular formula is C14H16ClN3O. The number of hydrogen-bond acceptors (Lipinski definition) is 4. The van der Waals surface area contributed by atoms with Gasteiger partial charge in [-0.15, -0.1) is 5.10 Å². The Balaban J connectivity index is 2.12. The molecule has 0 bridgehead atoms. The van der Waals surface area contributed by atoms with Crippen LogP contribution in [0.2, 0.25) is 5.02 Å². The highest BCUT2D eigenvalue weighted by Crippen LogP contribution is 2.25. The Labute approximate surface area is 117 Å². The molecule has 1 heterocycles. The standard InChI is InChI=1S/C14H16ClN3O/c1-3-10-8-12(5-6-13(10)15)19-14-7-4-11(9-16-2)17-18-14/h4-8,16H,3,9H2,1-2H3. The van der Waals surface area contributed by atoms with Gasteiger partial charge in [-0.3, -0.25) is 0 Å². The first-order valence-electron chi connectivity index (χ1n) is 6.16. The van der Waals surface area contributed by atoms with Crippen molar-refractivity contribution in [3.63, 3.8) is 0 Å². The van der Waals surface area contributed by atoms with Gasteiger partial charge in [0.25, 0.3) is 0 Å². The van der Waals surface area contributed by atoms with Gasteiger partial charge >= 0.3 is 0 Å². The molecule has 0 atom stereocenters. The second-order valence-electron chi connectivity index (χ2n) is 4.10. The minimum atomic E-state index is 0.476. The van der Waals surface area contributed by atoms with Gasteiger partial charge in [0.05, 0.1) is 5.69 Å². The zero-order valence-corrected chi connectivity index (χ0v) is 11.7. The molecule has 5 heteroatoms. The highest BCUT2D eigenvalue weighted by atomic mass is 35.5. The number of rotatable bonds is 5. The van der Waals surface area contributed by atoms with Crippen molar-refractivity contribution in [2.24, 2.45) is 0 Å². The molecule has 0 fully saturated rings. The summed E-state index contributed by atoms with van der Waals surface area (Å²) >= 11 is 6.06. The van der Waals surface area contributed by atoms with Gasteiger partial charge in [0.2, 0.25) is 5.88 Å². The smallest absolute Gasteiger partial charge is 0.238 e. The van der Waals surface area contributed by atoms with Crippen molar-refractivity contribution in [1.82, 2.24) is 15.5 Å². The molecule has 0 aliphatic heterocycles. The summed E-state index contributed by atoms with van der Waals surface area (Å²) in [7, 11) is 1.87. The summed E-state index contributed by atoms with van der Waals surface area (Å²) in [5.74, 6) is 1.20. The van der Waals surface area contributed by atoms with Crippen LogP contribution in [0.4, 0.5) is 0 Å². The van der Waals surface area contributed by atoms with Crippen LogP contribution in [0.5, 0.6) is 11.6 Å². The highest BCUT2D eigenvalue weighted by Gasteiger charge is 2.04. The summed E-state index contributed by atoms with van der Waals surface area (Å²) in [6.07, 6.45) is 0.864. The summed E-state index contributed by atoms with van der Waals surface area (Å²) in [4.78, 5) is 0. The van der Waals surface area contributed by atoms with E-state index in [0.29, 0.717) is 12.4 Å². The lowest BCUT2D eigenvalue weighted by molar-refractivity contribution is 0.453. The monoisotopic (exact) mass is 277 g/mol. The number of nitrogens with one attached hydrogen (secondary N) is 1. The second-order valence-corrected chi connectivity index (χ2v) is 4.51. The van der Waals surface area contributed by atoms with Crippen LogP contribution in [0.15, 0.2) is 30.3 Å². The molecule has 0 aliphatic rings. The molecule has 1 N–H and O–H groups in total. The van der Waals surface area contributed by atoms with Crippen LogP contribution >= 0.6 is 11.6 Å². The quantitative estimate of drug-likeness (QED) is 0.912. The van der Waals surface area contributed by atoms with E-state index in [2.05, 4.69) is 22.4 Å². The minimum Gasteiger partial charge on any atom is -0.438 e. The number of benzene rings is 1. The Kier molecular flexibility index (Phi) is 4.71. The number of aryl methyl sites for hydroxylation is 1. The number of nitrogens with zero attached hydrogens (tertiary/aromatic N) is 2. The maximum Gasteiger partial charge on any atom is 0.238 e. The SMILES string of the molecule is CCc1cc(Oc2ccc(CNC)nn2)ccc1Cl. The fourth-order valence-electron chi connectivity index (χ4n) is 1.68. The van der Waals surface area contributed by atoms with E-state index in [0.717, 1.165) is 28.5 Å². The molecule has 0 saturated heterocycles. The third-order valence-electron chi connectivity index (χ3n) is 2.67. The molecule has 1 aromatic carbocycles. The van der Waals surface area contributed by atoms with E-state index in [1.54, 1.807) is 6.07 Å². The molecule has 0 spiro atoms. The molecule has 0 saturated carbocycles. The molecule has 2 rings (SSSR count). The fraction of sp³-hybridized carbons (Fsp3) is 0.286. The second kappa shape index (κ2) is 6.50. The molecule has 100 valence electrons. The molecule has 4 nitrogen and oxygen atoms in total. The van der Waals surface area contributed by atoms with Crippen molar-refractivity contribution >= 4 is 11.6 Å². The third-order valence-corrected chi connectivity index (χ3v) is 3.04. The normalized spacial score (nSPS) is 10.5. The van der Waals surface area contributed by atoms with Gasteiger partial charge in [-0.1, -0.05) is 18.5 Å². The van der Waals surface area contributed by atoms with Gasteiger partial charge in [-0.2, -0.15) is 5.10 Å². The summed E-state index contributed by atoms with van der Waals surface area (Å²) in [6, 6.07) is 9.27. The fourth-order valence-corrected chi connectivity index (χ4v) is 1.93. The van der Waals surface area contributed by atoms with Crippen molar-refractivity contribution in [2.75, 3.05) is 7.05 Å². The topological polar surface area (TPSA) is 47.0 Å². The predicted octanol–water partition coefficient (Wildman–Crippen LogP) is 3.20. The maximum atomic E-state index is 6.06. The predicted molar refractivity (Wildman–Crippen MR) is 75.7 cm³/mol. The van der Waals surface area contributed by atoms with E-state index in [1.165, 1.54) is 0 Å². The van der Waals surface area contributed by atoms with Crippen LogP contribution < -0.4 is 10.1 Å². The Morgan fingerprint density at radius 1 is 1.21 bits per heavy atom. The van der Waals surface area contributed by atoms with Gasteiger partial charge in [0, 0.05) is 17.6 Å². The average Bonchev–Trinajstić information content (AvgIpc) is 2.43. The molecule has 1 aromatic heterocycles. The highest BCUT2D eigenvalue weighted by molar-refractivity contribution is 6.31. The van der Waals surface area contributed by atoms with Gasteiger partial charge in [-0.25, -0.2) is 0 Å². The lowest BCUT2D eigenvalue weighted by atomic mass is 10.1. The molecule has 0 aliphatic carbocycles. The first-order valence-corrected chi connectivity index (χ1v) is 6.54. The summed E-state index contributed by atoms with van der Waals surface area (Å²) in [5.41, 5.74) is 1.93. The largest absolute Gasteiger partial charge is 0.438 e. The lowest BCUT2D eigenvalue weighted by Crippen LogP contribution is -2.07. The Morgan fingerprint density at radius 2 is 2.05 bits per heavy atom. The Hall–Kier alpha value is -1.65. The Bertz CT molecular complexity index is 543. The van der Waals surface area contributed by atoms with E-state index in [9.17, 15) is 0 Å². The number of halogens is 1. The molecular weight excluding hydrogens is 262 g/mol. The van der Waals surface area contributed by atoms with Crippen molar-refractivity contribution in [3.05, 3.63) is 46.6 Å². The van der Waals surface area contributed by atoms with Gasteiger partial charge < -0.3 is 10.1 Å². The summed E-state index contributed by atoms with van der Waals surface area (Å²) < 4.78 is 5.66. The number of aromatic nitrogens is 2. The van der Waals surface area contributed by atoms with E-state index in [1.807, 2.05) is 31.3 Å². The van der Waals surface area contributed by atoms with Crippen LogP contribution in [0.25, 0.3) is 0 Å². The zero-order valence-electron chi connectivity index (χ0n) is 11.0. The van der Waals surface area contributed by atoms with Crippen molar-refractivity contribution in [1.29, 1.82) is 0 Å². The van der Waals surface area contributed by atoms with Crippen molar-refractivity contribution in [3.8, 4) is 11.6 Å². The summed E-state index contributed by atoms with van der Waals surface area (Å²) in [5, 5.41) is 11.9. The van der Waals surface area contributed by atoms with E-state index < -0.39 is 0 Å². The van der Waals surface area contributed by atoms with Crippen LogP contribution in [-0.4, -0.2) is 17.2 Å². The first-order chi connectivity index (χ1) is 9.22. The maximum absolute atomic E-state index is 6.06. The van der Waals surface area contributed by atoms with E-state index in [4.69, 9.17) is 16.3 Å². The number of ether oxygens (including phenoxy) is 1. The van der Waals surface area contributed by atoms with Gasteiger partial charge in [0.15, 0.2) is 0 Å². The zero-order chi connectivity index (χ0) is 13.7. The first kappa shape index (κ1) is 13.8. The lowest BCUT2D eigenvalue weighted by Gasteiger charge is -2.07. The number of hydrogen-bond donors (Lipinski definition) is 1. The Morgan fingerprint density at radius 3 is 2.68 bits per heavy atom. The van der Waals surface area contributed by atoms with E-state index >= 15 is 0 Å². The molecule has 0 radical (unpaired) electrons. The molecule has 0 unspecified atom stereocenters. The van der Waals surface area contributed by atoms with Crippen molar-refractivity contribution < 1.29 is 4.74 Å². The van der Waals surface area contributed by atoms with Crippen LogP contribution in [0, 0.1) is 0 Å². The van der Waals surface area contributed by atoms with E-state index in [-0.39, 0.29) is 0 Å². The minimum absolute atomic E-state index is 0.476. The molecule has 19 heavy (non-hydrogen) atoms. The van der Waals surface area contributed by atoms with Gasteiger partial charge in [0.1, 0.15) is 5.75 Å². The van der Waals surface area contributed by atoms with Crippen LogP contribution in [-0.2, 0) is 13.0 Å². The average molecular weight is 278 g/mol. The summed E-state index contributed by atoms with van der Waals surface area (Å²) in [6.45, 7) is 2.74. The van der Waals surface area contributed by atoms with Crippen LogP contribution in [0.3, 0.4) is 0 Å².